The van der Waals surface area contributed by atoms with E-state index < -0.39 is 0 Å². The van der Waals surface area contributed by atoms with E-state index in [0.717, 1.165) is 16.5 Å². The van der Waals surface area contributed by atoms with E-state index in [9.17, 15) is 9.59 Å². The topological polar surface area (TPSA) is 70.2 Å². The molecule has 0 saturated carbocycles. The molecule has 3 N–H and O–H groups in total. The molecule has 1 atom stereocenters. The van der Waals surface area contributed by atoms with E-state index in [2.05, 4.69) is 38.8 Å². The van der Waals surface area contributed by atoms with Crippen molar-refractivity contribution in [3.8, 4) is 0 Å². The summed E-state index contributed by atoms with van der Waals surface area (Å²) in [6.45, 7) is 2.27. The molecule has 132 valence electrons. The van der Waals surface area contributed by atoms with Gasteiger partial charge in [0.2, 0.25) is 5.91 Å². The van der Waals surface area contributed by atoms with Gasteiger partial charge < -0.3 is 16.0 Å². The minimum atomic E-state index is -0.185. The van der Waals surface area contributed by atoms with Crippen LogP contribution in [0.2, 0.25) is 0 Å². The molecule has 2 aromatic rings. The number of amides is 2. The highest BCUT2D eigenvalue weighted by atomic mass is 79.9. The van der Waals surface area contributed by atoms with Crippen molar-refractivity contribution in [2.24, 2.45) is 0 Å². The van der Waals surface area contributed by atoms with Gasteiger partial charge >= 0.3 is 0 Å². The lowest BCUT2D eigenvalue weighted by atomic mass is 10.0. The van der Waals surface area contributed by atoms with E-state index in [1.165, 1.54) is 0 Å². The van der Waals surface area contributed by atoms with Crippen molar-refractivity contribution >= 4 is 33.4 Å². The molecule has 0 unspecified atom stereocenters. The fourth-order valence-corrected chi connectivity index (χ4v) is 2.76. The molecule has 0 heterocycles. The zero-order chi connectivity index (χ0) is 18.2. The van der Waals surface area contributed by atoms with Crippen LogP contribution in [0.1, 0.15) is 35.3 Å². The Labute approximate surface area is 156 Å². The number of benzene rings is 2. The van der Waals surface area contributed by atoms with E-state index in [1.54, 1.807) is 31.3 Å². The van der Waals surface area contributed by atoms with Crippen molar-refractivity contribution in [3.63, 3.8) is 0 Å². The van der Waals surface area contributed by atoms with Gasteiger partial charge in [0.1, 0.15) is 0 Å². The number of nitrogens with one attached hydrogen (secondary N) is 3. The Hall–Kier alpha value is -2.18. The molecule has 2 amide bonds. The number of rotatable bonds is 7. The summed E-state index contributed by atoms with van der Waals surface area (Å²) in [7, 11) is 1.57. The van der Waals surface area contributed by atoms with Crippen molar-refractivity contribution in [2.75, 3.05) is 18.9 Å². The predicted molar refractivity (Wildman–Crippen MR) is 104 cm³/mol. The smallest absolute Gasteiger partial charge is 0.251 e. The Balaban J connectivity index is 1.93. The fraction of sp³-hybridized carbons (Fsp3) is 0.263. The average molecular weight is 404 g/mol. The van der Waals surface area contributed by atoms with Crippen molar-refractivity contribution in [2.45, 2.75) is 19.4 Å². The van der Waals surface area contributed by atoms with Crippen LogP contribution in [0.3, 0.4) is 0 Å². The van der Waals surface area contributed by atoms with Gasteiger partial charge in [0, 0.05) is 28.8 Å². The molecule has 0 aliphatic rings. The molecule has 0 aliphatic heterocycles. The Kier molecular flexibility index (Phi) is 7.16. The summed E-state index contributed by atoms with van der Waals surface area (Å²) in [5.74, 6) is -0.333. The minimum absolute atomic E-state index is 0.107. The molecule has 2 aromatic carbocycles. The van der Waals surface area contributed by atoms with E-state index in [0.29, 0.717) is 11.3 Å². The van der Waals surface area contributed by atoms with E-state index >= 15 is 0 Å². The second-order valence-corrected chi connectivity index (χ2v) is 6.52. The first-order valence-electron chi connectivity index (χ1n) is 8.14. The summed E-state index contributed by atoms with van der Waals surface area (Å²) in [5.41, 5.74) is 2.25. The number of hydrogen-bond donors (Lipinski definition) is 3. The van der Waals surface area contributed by atoms with Crippen molar-refractivity contribution in [1.82, 2.24) is 10.6 Å². The van der Waals surface area contributed by atoms with Crippen LogP contribution < -0.4 is 16.0 Å². The van der Waals surface area contributed by atoms with Gasteiger partial charge in [-0.15, -0.1) is 0 Å². The zero-order valence-electron chi connectivity index (χ0n) is 14.3. The monoisotopic (exact) mass is 403 g/mol. The summed E-state index contributed by atoms with van der Waals surface area (Å²) in [6, 6.07) is 15.0. The van der Waals surface area contributed by atoms with Crippen molar-refractivity contribution in [3.05, 3.63) is 64.1 Å². The molecule has 6 heteroatoms. The van der Waals surface area contributed by atoms with E-state index in [4.69, 9.17) is 0 Å². The summed E-state index contributed by atoms with van der Waals surface area (Å²) < 4.78 is 1.03. The Morgan fingerprint density at radius 2 is 1.84 bits per heavy atom. The van der Waals surface area contributed by atoms with Gasteiger partial charge in [0.05, 0.1) is 6.54 Å². The van der Waals surface area contributed by atoms with E-state index in [1.807, 2.05) is 24.3 Å². The summed E-state index contributed by atoms with van der Waals surface area (Å²) in [5, 5.41) is 8.64. The van der Waals surface area contributed by atoms with Crippen LogP contribution >= 0.6 is 15.9 Å². The normalized spacial score (nSPS) is 11.6. The highest BCUT2D eigenvalue weighted by Crippen LogP contribution is 2.19. The molecule has 0 bridgehead atoms. The molecule has 0 aliphatic carbocycles. The Morgan fingerprint density at radius 3 is 2.48 bits per heavy atom. The van der Waals surface area contributed by atoms with Gasteiger partial charge in [-0.25, -0.2) is 0 Å². The lowest BCUT2D eigenvalue weighted by molar-refractivity contribution is -0.115. The lowest BCUT2D eigenvalue weighted by Crippen LogP contribution is -2.31. The standard InChI is InChI=1S/C19H22BrN3O2/c1-3-17(13-7-9-15(20)10-8-13)22-12-18(24)23-16-6-4-5-14(11-16)19(25)21-2/h4-11,17,22H,3,12H2,1-2H3,(H,21,25)(H,23,24)/t17-/m0/s1. The molecular formula is C19H22BrN3O2. The maximum Gasteiger partial charge on any atom is 0.251 e. The molecule has 0 spiro atoms. The maximum absolute atomic E-state index is 12.2. The third kappa shape index (κ3) is 5.69. The molecule has 0 aromatic heterocycles. The molecule has 5 nitrogen and oxygen atoms in total. The second kappa shape index (κ2) is 9.34. The number of hydrogen-bond acceptors (Lipinski definition) is 3. The van der Waals surface area contributed by atoms with Crippen LogP contribution in [0, 0.1) is 0 Å². The van der Waals surface area contributed by atoms with Crippen LogP contribution in [-0.4, -0.2) is 25.4 Å². The first-order valence-corrected chi connectivity index (χ1v) is 8.93. The quantitative estimate of drug-likeness (QED) is 0.662. The Bertz CT molecular complexity index is 732. The molecule has 0 fully saturated rings. The van der Waals surface area contributed by atoms with Crippen LogP contribution in [0.15, 0.2) is 53.0 Å². The average Bonchev–Trinajstić information content (AvgIpc) is 2.63. The summed E-state index contributed by atoms with van der Waals surface area (Å²) in [6.07, 6.45) is 0.876. The molecule has 0 saturated heterocycles. The minimum Gasteiger partial charge on any atom is -0.355 e. The molecule has 2 rings (SSSR count). The molecular weight excluding hydrogens is 382 g/mol. The van der Waals surface area contributed by atoms with Crippen LogP contribution in [-0.2, 0) is 4.79 Å². The van der Waals surface area contributed by atoms with Crippen LogP contribution in [0.4, 0.5) is 5.69 Å². The number of carbonyl (C=O) groups is 2. The lowest BCUT2D eigenvalue weighted by Gasteiger charge is -2.17. The highest BCUT2D eigenvalue weighted by molar-refractivity contribution is 9.10. The number of anilines is 1. The SMILES string of the molecule is CC[C@H](NCC(=O)Nc1cccc(C(=O)NC)c1)c1ccc(Br)cc1. The van der Waals surface area contributed by atoms with Crippen LogP contribution in [0.5, 0.6) is 0 Å². The fourth-order valence-electron chi connectivity index (χ4n) is 2.50. The molecule has 25 heavy (non-hydrogen) atoms. The van der Waals surface area contributed by atoms with Gasteiger partial charge in [-0.3, -0.25) is 9.59 Å². The largest absolute Gasteiger partial charge is 0.355 e. The zero-order valence-corrected chi connectivity index (χ0v) is 15.9. The van der Waals surface area contributed by atoms with Crippen molar-refractivity contribution in [1.29, 1.82) is 0 Å². The maximum atomic E-state index is 12.2. The first kappa shape index (κ1) is 19.1. The van der Waals surface area contributed by atoms with Crippen molar-refractivity contribution < 1.29 is 9.59 Å². The van der Waals surface area contributed by atoms with Gasteiger partial charge in [0.15, 0.2) is 0 Å². The summed E-state index contributed by atoms with van der Waals surface area (Å²) in [4.78, 5) is 23.8. The third-order valence-corrected chi connectivity index (χ3v) is 4.35. The number of carbonyl (C=O) groups excluding carboxylic acids is 2. The third-order valence-electron chi connectivity index (χ3n) is 3.83. The van der Waals surface area contributed by atoms with Gasteiger partial charge in [-0.1, -0.05) is 41.1 Å². The van der Waals surface area contributed by atoms with Gasteiger partial charge in [-0.05, 0) is 42.3 Å². The van der Waals surface area contributed by atoms with Gasteiger partial charge in [0.25, 0.3) is 5.91 Å². The first-order chi connectivity index (χ1) is 12.0. The Morgan fingerprint density at radius 1 is 1.12 bits per heavy atom. The second-order valence-electron chi connectivity index (χ2n) is 5.60. The van der Waals surface area contributed by atoms with Crippen LogP contribution in [0.25, 0.3) is 0 Å². The molecule has 0 radical (unpaired) electrons. The highest BCUT2D eigenvalue weighted by Gasteiger charge is 2.11. The summed E-state index contributed by atoms with van der Waals surface area (Å²) >= 11 is 3.42. The number of halogens is 1. The van der Waals surface area contributed by atoms with E-state index in [-0.39, 0.29) is 24.4 Å². The predicted octanol–water partition coefficient (Wildman–Crippen LogP) is 3.49. The van der Waals surface area contributed by atoms with Gasteiger partial charge in [-0.2, -0.15) is 0 Å².